The number of halogens is 1. The molecule has 1 nitrogen and oxygen atoms in total. The second-order valence-electron chi connectivity index (χ2n) is 4.59. The third-order valence-corrected chi connectivity index (χ3v) is 5.09. The Bertz CT molecular complexity index is 380. The van der Waals surface area contributed by atoms with Gasteiger partial charge in [-0.3, -0.25) is 0 Å². The van der Waals surface area contributed by atoms with Gasteiger partial charge in [0.1, 0.15) is 0 Å². The molecule has 1 unspecified atom stereocenters. The Balaban J connectivity index is 2.13. The van der Waals surface area contributed by atoms with Crippen molar-refractivity contribution in [3.05, 3.63) is 29.3 Å². The summed E-state index contributed by atoms with van der Waals surface area (Å²) in [4.78, 5) is 2.51. The third-order valence-electron chi connectivity index (χ3n) is 3.43. The molecule has 1 saturated heterocycles. The van der Waals surface area contributed by atoms with E-state index < -0.39 is 0 Å². The van der Waals surface area contributed by atoms with Crippen LogP contribution in [0, 0.1) is 6.92 Å². The van der Waals surface area contributed by atoms with Crippen LogP contribution in [0.4, 0.5) is 5.69 Å². The Morgan fingerprint density at radius 2 is 2.29 bits per heavy atom. The normalized spacial score (nSPS) is 20.6. The first-order chi connectivity index (χ1) is 8.24. The van der Waals surface area contributed by atoms with Crippen molar-refractivity contribution in [3.8, 4) is 0 Å². The molecular formula is C14H20ClNS. The van der Waals surface area contributed by atoms with Crippen LogP contribution in [-0.2, 0) is 5.88 Å². The highest BCUT2D eigenvalue weighted by atomic mass is 35.5. The molecule has 0 aromatic heterocycles. The Kier molecular flexibility index (Phi) is 4.63. The van der Waals surface area contributed by atoms with E-state index in [0.29, 0.717) is 5.88 Å². The van der Waals surface area contributed by atoms with Gasteiger partial charge in [0.2, 0.25) is 0 Å². The zero-order chi connectivity index (χ0) is 12.3. The molecule has 0 aliphatic carbocycles. The molecule has 0 radical (unpaired) electrons. The number of nitrogens with zero attached hydrogens (tertiary/aromatic N) is 1. The summed E-state index contributed by atoms with van der Waals surface area (Å²) < 4.78 is 0. The third kappa shape index (κ3) is 3.11. The Morgan fingerprint density at radius 3 is 2.94 bits per heavy atom. The monoisotopic (exact) mass is 269 g/mol. The Hall–Kier alpha value is -0.340. The largest absolute Gasteiger partial charge is 0.370 e. The zero-order valence-corrected chi connectivity index (χ0v) is 12.2. The lowest BCUT2D eigenvalue weighted by Crippen LogP contribution is -2.37. The predicted octanol–water partition coefficient (Wildman–Crippen LogP) is 4.07. The van der Waals surface area contributed by atoms with Gasteiger partial charge in [-0.25, -0.2) is 0 Å². The summed E-state index contributed by atoms with van der Waals surface area (Å²) in [5, 5.41) is 0.789. The van der Waals surface area contributed by atoms with E-state index in [1.54, 1.807) is 0 Å². The first-order valence-corrected chi connectivity index (χ1v) is 7.85. The molecule has 0 saturated carbocycles. The van der Waals surface area contributed by atoms with Crippen LogP contribution in [0.3, 0.4) is 0 Å². The van der Waals surface area contributed by atoms with Crippen molar-refractivity contribution in [2.75, 3.05) is 23.7 Å². The quantitative estimate of drug-likeness (QED) is 0.761. The maximum atomic E-state index is 5.90. The van der Waals surface area contributed by atoms with Crippen LogP contribution >= 0.6 is 23.4 Å². The van der Waals surface area contributed by atoms with Gasteiger partial charge >= 0.3 is 0 Å². The van der Waals surface area contributed by atoms with Gasteiger partial charge in [0.05, 0.1) is 0 Å². The van der Waals surface area contributed by atoms with E-state index in [1.165, 1.54) is 42.1 Å². The van der Waals surface area contributed by atoms with E-state index in [1.807, 2.05) is 0 Å². The highest BCUT2D eigenvalue weighted by Gasteiger charge is 2.19. The highest BCUT2D eigenvalue weighted by Crippen LogP contribution is 2.27. The standard InChI is InChI=1S/C14H20ClNS/c1-3-14-10-16(6-7-17-14)13-5-4-12(9-15)11(2)8-13/h4-5,8,14H,3,6-7,9-10H2,1-2H3. The summed E-state index contributed by atoms with van der Waals surface area (Å²) in [6, 6.07) is 6.66. The van der Waals surface area contributed by atoms with Crippen molar-refractivity contribution >= 4 is 29.1 Å². The van der Waals surface area contributed by atoms with Gasteiger partial charge in [0, 0.05) is 35.7 Å². The molecule has 1 fully saturated rings. The first-order valence-electron chi connectivity index (χ1n) is 6.26. The summed E-state index contributed by atoms with van der Waals surface area (Å²) in [7, 11) is 0. The summed E-state index contributed by atoms with van der Waals surface area (Å²) in [6.07, 6.45) is 1.26. The molecule has 0 amide bonds. The fourth-order valence-electron chi connectivity index (χ4n) is 2.23. The molecule has 1 aromatic rings. The number of benzene rings is 1. The van der Waals surface area contributed by atoms with Gasteiger partial charge in [-0.15, -0.1) is 11.6 Å². The van der Waals surface area contributed by atoms with E-state index in [9.17, 15) is 0 Å². The van der Waals surface area contributed by atoms with Gasteiger partial charge in [0.15, 0.2) is 0 Å². The molecule has 94 valence electrons. The molecule has 0 N–H and O–H groups in total. The number of thioether (sulfide) groups is 1. The van der Waals surface area contributed by atoms with Crippen LogP contribution < -0.4 is 4.90 Å². The van der Waals surface area contributed by atoms with Gasteiger partial charge < -0.3 is 4.90 Å². The number of hydrogen-bond acceptors (Lipinski definition) is 2. The molecule has 1 aliphatic heterocycles. The SMILES string of the molecule is CCC1CN(c2ccc(CCl)c(C)c2)CCS1. The Labute approximate surface area is 114 Å². The fraction of sp³-hybridized carbons (Fsp3) is 0.571. The van der Waals surface area contributed by atoms with Crippen molar-refractivity contribution in [2.24, 2.45) is 0 Å². The van der Waals surface area contributed by atoms with Crippen LogP contribution in [0.25, 0.3) is 0 Å². The number of alkyl halides is 1. The minimum Gasteiger partial charge on any atom is -0.370 e. The lowest BCUT2D eigenvalue weighted by Gasteiger charge is -2.34. The molecule has 1 atom stereocenters. The summed E-state index contributed by atoms with van der Waals surface area (Å²) in [6.45, 7) is 6.78. The van der Waals surface area contributed by atoms with Crippen molar-refractivity contribution in [3.63, 3.8) is 0 Å². The molecule has 1 aromatic carbocycles. The number of aryl methyl sites for hydroxylation is 1. The summed E-state index contributed by atoms with van der Waals surface area (Å²) >= 11 is 8.01. The van der Waals surface area contributed by atoms with E-state index in [0.717, 1.165) is 5.25 Å². The maximum absolute atomic E-state index is 5.90. The van der Waals surface area contributed by atoms with E-state index in [-0.39, 0.29) is 0 Å². The number of hydrogen-bond donors (Lipinski definition) is 0. The van der Waals surface area contributed by atoms with Crippen LogP contribution in [0.2, 0.25) is 0 Å². The Morgan fingerprint density at radius 1 is 1.47 bits per heavy atom. The zero-order valence-electron chi connectivity index (χ0n) is 10.6. The second-order valence-corrected chi connectivity index (χ2v) is 6.27. The van der Waals surface area contributed by atoms with Crippen LogP contribution in [0.15, 0.2) is 18.2 Å². The molecule has 1 heterocycles. The van der Waals surface area contributed by atoms with Crippen molar-refractivity contribution < 1.29 is 0 Å². The van der Waals surface area contributed by atoms with Gasteiger partial charge in [-0.1, -0.05) is 13.0 Å². The molecule has 17 heavy (non-hydrogen) atoms. The minimum absolute atomic E-state index is 0.611. The average molecular weight is 270 g/mol. The average Bonchev–Trinajstić information content (AvgIpc) is 2.38. The second kappa shape index (κ2) is 6.01. The number of rotatable bonds is 3. The lowest BCUT2D eigenvalue weighted by molar-refractivity contribution is 0.728. The molecule has 1 aliphatic rings. The molecule has 2 rings (SSSR count). The van der Waals surface area contributed by atoms with Crippen molar-refractivity contribution in [1.82, 2.24) is 0 Å². The molecular weight excluding hydrogens is 250 g/mol. The minimum atomic E-state index is 0.611. The van der Waals surface area contributed by atoms with Gasteiger partial charge in [-0.05, 0) is 36.6 Å². The van der Waals surface area contributed by atoms with Crippen LogP contribution in [-0.4, -0.2) is 24.1 Å². The van der Waals surface area contributed by atoms with Gasteiger partial charge in [0.25, 0.3) is 0 Å². The predicted molar refractivity (Wildman–Crippen MR) is 79.5 cm³/mol. The van der Waals surface area contributed by atoms with Crippen LogP contribution in [0.1, 0.15) is 24.5 Å². The maximum Gasteiger partial charge on any atom is 0.0476 e. The van der Waals surface area contributed by atoms with E-state index in [4.69, 9.17) is 11.6 Å². The lowest BCUT2D eigenvalue weighted by atomic mass is 10.1. The topological polar surface area (TPSA) is 3.24 Å². The molecule has 3 heteroatoms. The fourth-order valence-corrected chi connectivity index (χ4v) is 3.71. The number of anilines is 1. The van der Waals surface area contributed by atoms with Gasteiger partial charge in [-0.2, -0.15) is 11.8 Å². The first kappa shape index (κ1) is 13.1. The molecule has 0 spiro atoms. The summed E-state index contributed by atoms with van der Waals surface area (Å²) in [5.41, 5.74) is 3.91. The smallest absolute Gasteiger partial charge is 0.0476 e. The highest BCUT2D eigenvalue weighted by molar-refractivity contribution is 8.00. The van der Waals surface area contributed by atoms with Crippen molar-refractivity contribution in [2.45, 2.75) is 31.4 Å². The van der Waals surface area contributed by atoms with Crippen LogP contribution in [0.5, 0.6) is 0 Å². The van der Waals surface area contributed by atoms with E-state index in [2.05, 4.69) is 48.7 Å². The van der Waals surface area contributed by atoms with E-state index >= 15 is 0 Å². The summed E-state index contributed by atoms with van der Waals surface area (Å²) in [5.74, 6) is 1.86. The molecule has 0 bridgehead atoms. The van der Waals surface area contributed by atoms with Crippen molar-refractivity contribution in [1.29, 1.82) is 0 Å².